The van der Waals surface area contributed by atoms with Crippen molar-refractivity contribution in [3.63, 3.8) is 0 Å². The van der Waals surface area contributed by atoms with E-state index in [2.05, 4.69) is 20.9 Å². The molecule has 1 aromatic heterocycles. The Morgan fingerprint density at radius 3 is 2.50 bits per heavy atom. The van der Waals surface area contributed by atoms with E-state index in [0.717, 1.165) is 29.6 Å². The van der Waals surface area contributed by atoms with Gasteiger partial charge in [0.25, 0.3) is 5.91 Å². The molecule has 0 saturated heterocycles. The second-order valence-corrected chi connectivity index (χ2v) is 8.94. The number of halogens is 1. The summed E-state index contributed by atoms with van der Waals surface area (Å²) in [6, 6.07) is 6.35. The molecule has 1 aromatic carbocycles. The number of hydrogen-bond donors (Lipinski definition) is 3. The SMILES string of the molecule is CNC(=O)c1cnc(NC(=O)C2CC2)c(F)c1Nc1ccccc1N(C)S(C)(=O)=O. The Morgan fingerprint density at radius 1 is 1.23 bits per heavy atom. The number of carbonyl (C=O) groups excluding carboxylic acids is 2. The van der Waals surface area contributed by atoms with E-state index >= 15 is 4.39 Å². The molecule has 3 rings (SSSR count). The highest BCUT2D eigenvalue weighted by atomic mass is 32.2. The third-order valence-corrected chi connectivity index (χ3v) is 5.87. The largest absolute Gasteiger partial charge is 0.355 e. The van der Waals surface area contributed by atoms with Crippen molar-refractivity contribution >= 4 is 44.7 Å². The van der Waals surface area contributed by atoms with Crippen molar-refractivity contribution in [1.29, 1.82) is 0 Å². The molecule has 0 bridgehead atoms. The Labute approximate surface area is 173 Å². The minimum atomic E-state index is -3.59. The van der Waals surface area contributed by atoms with Crippen LogP contribution in [-0.2, 0) is 14.8 Å². The first-order valence-electron chi connectivity index (χ1n) is 9.15. The van der Waals surface area contributed by atoms with Gasteiger partial charge < -0.3 is 16.0 Å². The summed E-state index contributed by atoms with van der Waals surface area (Å²) < 4.78 is 40.3. The zero-order valence-electron chi connectivity index (χ0n) is 16.7. The summed E-state index contributed by atoms with van der Waals surface area (Å²) in [4.78, 5) is 28.2. The first kappa shape index (κ1) is 21.5. The van der Waals surface area contributed by atoms with Crippen molar-refractivity contribution in [2.75, 3.05) is 35.3 Å². The molecule has 3 N–H and O–H groups in total. The van der Waals surface area contributed by atoms with E-state index in [4.69, 9.17) is 0 Å². The van der Waals surface area contributed by atoms with E-state index in [-0.39, 0.29) is 40.3 Å². The Bertz CT molecular complexity index is 1100. The normalized spacial score (nSPS) is 13.5. The number of anilines is 4. The number of aromatic nitrogens is 1. The molecule has 160 valence electrons. The lowest BCUT2D eigenvalue weighted by atomic mass is 10.1. The Hall–Kier alpha value is -3.21. The van der Waals surface area contributed by atoms with Gasteiger partial charge in [0, 0.05) is 26.2 Å². The number of hydrogen-bond acceptors (Lipinski definition) is 6. The van der Waals surface area contributed by atoms with Gasteiger partial charge in [-0.2, -0.15) is 0 Å². The quantitative estimate of drug-likeness (QED) is 0.612. The monoisotopic (exact) mass is 435 g/mol. The summed E-state index contributed by atoms with van der Waals surface area (Å²) in [7, 11) is -0.840. The van der Waals surface area contributed by atoms with Crippen LogP contribution < -0.4 is 20.3 Å². The lowest BCUT2D eigenvalue weighted by molar-refractivity contribution is -0.117. The van der Waals surface area contributed by atoms with E-state index in [9.17, 15) is 18.0 Å². The van der Waals surface area contributed by atoms with Crippen molar-refractivity contribution in [3.05, 3.63) is 41.8 Å². The number of para-hydroxylation sites is 2. The number of amides is 2. The van der Waals surface area contributed by atoms with Gasteiger partial charge >= 0.3 is 0 Å². The van der Waals surface area contributed by atoms with E-state index in [1.807, 2.05) is 0 Å². The van der Waals surface area contributed by atoms with E-state index in [0.29, 0.717) is 0 Å². The van der Waals surface area contributed by atoms with Gasteiger partial charge in [0.05, 0.1) is 28.9 Å². The van der Waals surface area contributed by atoms with Crippen LogP contribution in [0.5, 0.6) is 0 Å². The van der Waals surface area contributed by atoms with Gasteiger partial charge in [-0.05, 0) is 25.0 Å². The number of nitrogens with zero attached hydrogens (tertiary/aromatic N) is 2. The van der Waals surface area contributed by atoms with Gasteiger partial charge in [0.15, 0.2) is 11.6 Å². The molecule has 2 amide bonds. The van der Waals surface area contributed by atoms with E-state index in [1.54, 1.807) is 18.2 Å². The van der Waals surface area contributed by atoms with Crippen LogP contribution in [0.25, 0.3) is 0 Å². The number of carbonyl (C=O) groups is 2. The van der Waals surface area contributed by atoms with Crippen LogP contribution in [-0.4, -0.2) is 45.6 Å². The molecule has 9 nitrogen and oxygen atoms in total. The highest BCUT2D eigenvalue weighted by Crippen LogP contribution is 2.35. The van der Waals surface area contributed by atoms with E-state index < -0.39 is 21.7 Å². The van der Waals surface area contributed by atoms with Gasteiger partial charge in [-0.1, -0.05) is 12.1 Å². The van der Waals surface area contributed by atoms with Crippen LogP contribution in [0.3, 0.4) is 0 Å². The molecule has 0 radical (unpaired) electrons. The third-order valence-electron chi connectivity index (χ3n) is 4.68. The molecule has 1 saturated carbocycles. The molecule has 1 heterocycles. The first-order chi connectivity index (χ1) is 14.1. The van der Waals surface area contributed by atoms with Crippen LogP contribution in [0.1, 0.15) is 23.2 Å². The fourth-order valence-corrected chi connectivity index (χ4v) is 3.25. The lowest BCUT2D eigenvalue weighted by Gasteiger charge is -2.22. The van der Waals surface area contributed by atoms with Gasteiger partial charge in [0.1, 0.15) is 0 Å². The summed E-state index contributed by atoms with van der Waals surface area (Å²) in [6.45, 7) is 0. The molecule has 1 aliphatic carbocycles. The van der Waals surface area contributed by atoms with Gasteiger partial charge in [0.2, 0.25) is 15.9 Å². The fourth-order valence-electron chi connectivity index (χ4n) is 2.73. The van der Waals surface area contributed by atoms with Crippen LogP contribution in [0.15, 0.2) is 30.5 Å². The maximum Gasteiger partial charge on any atom is 0.254 e. The molecule has 0 unspecified atom stereocenters. The topological polar surface area (TPSA) is 120 Å². The number of sulfonamides is 1. The average molecular weight is 435 g/mol. The minimum absolute atomic E-state index is 0.101. The molecule has 30 heavy (non-hydrogen) atoms. The zero-order chi connectivity index (χ0) is 22.1. The number of rotatable bonds is 7. The standard InChI is InChI=1S/C19H22FN5O4S/c1-21-19(27)12-10-22-17(24-18(26)11-8-9-11)15(20)16(12)23-13-6-4-5-7-14(13)25(2)30(3,28)29/h4-7,10-11H,8-9H2,1-3H3,(H,21,27)(H2,22,23,24,26). The molecule has 1 fully saturated rings. The van der Waals surface area contributed by atoms with Crippen molar-refractivity contribution in [3.8, 4) is 0 Å². The third kappa shape index (κ3) is 4.51. The summed E-state index contributed by atoms with van der Waals surface area (Å²) in [5.41, 5.74) is 0.170. The van der Waals surface area contributed by atoms with Crippen molar-refractivity contribution in [2.24, 2.45) is 5.92 Å². The summed E-state index contributed by atoms with van der Waals surface area (Å²) >= 11 is 0. The average Bonchev–Trinajstić information content (AvgIpc) is 3.55. The maximum atomic E-state index is 15.3. The van der Waals surface area contributed by atoms with Gasteiger partial charge in [-0.15, -0.1) is 0 Å². The van der Waals surface area contributed by atoms with Crippen LogP contribution >= 0.6 is 0 Å². The predicted octanol–water partition coefficient (Wildman–Crippen LogP) is 2.07. The van der Waals surface area contributed by atoms with Crippen molar-refractivity contribution in [1.82, 2.24) is 10.3 Å². The van der Waals surface area contributed by atoms with Gasteiger partial charge in [-0.3, -0.25) is 13.9 Å². The first-order valence-corrected chi connectivity index (χ1v) is 11.0. The molecular formula is C19H22FN5O4S. The summed E-state index contributed by atoms with van der Waals surface area (Å²) in [5.74, 6) is -2.33. The molecule has 1 aliphatic rings. The second-order valence-electron chi connectivity index (χ2n) is 6.92. The Morgan fingerprint density at radius 2 is 1.90 bits per heavy atom. The Balaban J connectivity index is 2.06. The molecule has 0 atom stereocenters. The molecule has 2 aromatic rings. The van der Waals surface area contributed by atoms with E-state index in [1.165, 1.54) is 20.2 Å². The maximum absolute atomic E-state index is 15.3. The molecule has 0 aliphatic heterocycles. The number of benzene rings is 1. The van der Waals surface area contributed by atoms with Crippen LogP contribution in [0.4, 0.5) is 27.3 Å². The Kier molecular flexibility index (Phi) is 5.92. The molecular weight excluding hydrogens is 413 g/mol. The summed E-state index contributed by atoms with van der Waals surface area (Å²) in [5, 5.41) is 7.65. The zero-order valence-corrected chi connectivity index (χ0v) is 17.5. The fraction of sp³-hybridized carbons (Fsp3) is 0.316. The van der Waals surface area contributed by atoms with Crippen molar-refractivity contribution < 1.29 is 22.4 Å². The highest BCUT2D eigenvalue weighted by Gasteiger charge is 2.31. The lowest BCUT2D eigenvalue weighted by Crippen LogP contribution is -2.26. The molecule has 0 spiro atoms. The molecule has 11 heteroatoms. The second kappa shape index (κ2) is 8.27. The highest BCUT2D eigenvalue weighted by molar-refractivity contribution is 7.92. The number of nitrogens with one attached hydrogen (secondary N) is 3. The summed E-state index contributed by atoms with van der Waals surface area (Å²) in [6.07, 6.45) is 3.66. The predicted molar refractivity (Wildman–Crippen MR) is 112 cm³/mol. The van der Waals surface area contributed by atoms with Crippen LogP contribution in [0, 0.1) is 11.7 Å². The minimum Gasteiger partial charge on any atom is -0.355 e. The number of pyridine rings is 1. The van der Waals surface area contributed by atoms with Gasteiger partial charge in [-0.25, -0.2) is 17.8 Å². The van der Waals surface area contributed by atoms with Crippen molar-refractivity contribution in [2.45, 2.75) is 12.8 Å². The smallest absolute Gasteiger partial charge is 0.254 e. The van der Waals surface area contributed by atoms with Crippen LogP contribution in [0.2, 0.25) is 0 Å².